The zero-order valence-electron chi connectivity index (χ0n) is 17.5. The van der Waals surface area contributed by atoms with Crippen molar-refractivity contribution in [2.45, 2.75) is 19.9 Å². The van der Waals surface area contributed by atoms with Gasteiger partial charge >= 0.3 is 0 Å². The standard InChI is InChI=1S/C21H27N7O2/c1-4-22-21(24-14-18-25-19(27-26-18)17-9-6-12-30-17)23-11-10-15-7-5-8-16(13-15)20(29)28(2)3/h5-9,12-13H,4,10-11,14H2,1-3H3,(H2,22,23,24)(H,25,26,27). The van der Waals surface area contributed by atoms with E-state index in [4.69, 9.17) is 4.42 Å². The lowest BCUT2D eigenvalue weighted by molar-refractivity contribution is 0.0827. The van der Waals surface area contributed by atoms with Crippen LogP contribution in [0, 0.1) is 0 Å². The molecule has 9 nitrogen and oxygen atoms in total. The van der Waals surface area contributed by atoms with Gasteiger partial charge in [0.05, 0.1) is 6.26 Å². The zero-order chi connectivity index (χ0) is 21.3. The number of carbonyl (C=O) groups excluding carboxylic acids is 1. The van der Waals surface area contributed by atoms with Gasteiger partial charge in [-0.05, 0) is 43.2 Å². The summed E-state index contributed by atoms with van der Waals surface area (Å²) in [4.78, 5) is 22.6. The summed E-state index contributed by atoms with van der Waals surface area (Å²) in [5.74, 6) is 2.46. The van der Waals surface area contributed by atoms with Gasteiger partial charge in [-0.2, -0.15) is 0 Å². The third-order valence-electron chi connectivity index (χ3n) is 4.29. The quantitative estimate of drug-likeness (QED) is 0.388. The Morgan fingerprint density at radius 3 is 2.83 bits per heavy atom. The monoisotopic (exact) mass is 409 g/mol. The van der Waals surface area contributed by atoms with Gasteiger partial charge in [-0.15, -0.1) is 5.10 Å². The van der Waals surface area contributed by atoms with Crippen molar-refractivity contribution in [1.29, 1.82) is 0 Å². The first-order chi connectivity index (χ1) is 14.6. The third kappa shape index (κ3) is 5.69. The van der Waals surface area contributed by atoms with Gasteiger partial charge in [0, 0.05) is 32.7 Å². The zero-order valence-corrected chi connectivity index (χ0v) is 17.5. The summed E-state index contributed by atoms with van der Waals surface area (Å²) in [6, 6.07) is 11.3. The molecule has 3 aromatic rings. The molecule has 0 radical (unpaired) electrons. The van der Waals surface area contributed by atoms with E-state index in [1.54, 1.807) is 31.3 Å². The number of nitrogens with zero attached hydrogens (tertiary/aromatic N) is 4. The second-order valence-electron chi connectivity index (χ2n) is 6.85. The van der Waals surface area contributed by atoms with E-state index in [9.17, 15) is 4.79 Å². The van der Waals surface area contributed by atoms with E-state index in [1.807, 2.05) is 37.3 Å². The maximum Gasteiger partial charge on any atom is 0.253 e. The Balaban J connectivity index is 1.56. The largest absolute Gasteiger partial charge is 0.461 e. The van der Waals surface area contributed by atoms with Crippen molar-refractivity contribution in [1.82, 2.24) is 30.7 Å². The molecule has 0 atom stereocenters. The molecule has 2 aromatic heterocycles. The van der Waals surface area contributed by atoms with E-state index in [0.29, 0.717) is 42.0 Å². The number of H-pyrrole nitrogens is 1. The van der Waals surface area contributed by atoms with E-state index >= 15 is 0 Å². The van der Waals surface area contributed by atoms with Gasteiger partial charge in [0.2, 0.25) is 5.82 Å². The highest BCUT2D eigenvalue weighted by atomic mass is 16.3. The summed E-state index contributed by atoms with van der Waals surface area (Å²) < 4.78 is 5.30. The first-order valence-electron chi connectivity index (χ1n) is 9.84. The van der Waals surface area contributed by atoms with Crippen molar-refractivity contribution in [3.63, 3.8) is 0 Å². The number of nitrogens with one attached hydrogen (secondary N) is 3. The molecule has 3 rings (SSSR count). The van der Waals surface area contributed by atoms with E-state index in [-0.39, 0.29) is 5.91 Å². The second kappa shape index (κ2) is 10.2. The molecular formula is C21H27N7O2. The SMILES string of the molecule is CCNC(=NCc1nc(-c2ccco2)n[nH]1)NCCc1cccc(C(=O)N(C)C)c1. The van der Waals surface area contributed by atoms with Crippen LogP contribution in [0.4, 0.5) is 0 Å². The van der Waals surface area contributed by atoms with Crippen molar-refractivity contribution in [2.24, 2.45) is 4.99 Å². The number of hydrogen-bond acceptors (Lipinski definition) is 5. The van der Waals surface area contributed by atoms with Crippen LogP contribution in [0.3, 0.4) is 0 Å². The number of benzene rings is 1. The lowest BCUT2D eigenvalue weighted by Crippen LogP contribution is -2.38. The van der Waals surface area contributed by atoms with Gasteiger partial charge in [0.15, 0.2) is 11.7 Å². The lowest BCUT2D eigenvalue weighted by atomic mass is 10.1. The number of carbonyl (C=O) groups is 1. The third-order valence-corrected chi connectivity index (χ3v) is 4.29. The predicted octanol–water partition coefficient (Wildman–Crippen LogP) is 2.06. The van der Waals surface area contributed by atoms with Crippen LogP contribution in [-0.4, -0.2) is 59.1 Å². The minimum Gasteiger partial charge on any atom is -0.461 e. The average Bonchev–Trinajstić information content (AvgIpc) is 3.43. The summed E-state index contributed by atoms with van der Waals surface area (Å²) in [5, 5.41) is 13.6. The summed E-state index contributed by atoms with van der Waals surface area (Å²) >= 11 is 0. The Morgan fingerprint density at radius 2 is 2.10 bits per heavy atom. The van der Waals surface area contributed by atoms with Gasteiger partial charge in [-0.25, -0.2) is 9.98 Å². The molecular weight excluding hydrogens is 382 g/mol. The molecule has 1 amide bonds. The number of guanidine groups is 1. The van der Waals surface area contributed by atoms with Crippen molar-refractivity contribution in [2.75, 3.05) is 27.2 Å². The van der Waals surface area contributed by atoms with Gasteiger partial charge in [0.25, 0.3) is 5.91 Å². The molecule has 0 saturated heterocycles. The summed E-state index contributed by atoms with van der Waals surface area (Å²) in [6.07, 6.45) is 2.35. The second-order valence-corrected chi connectivity index (χ2v) is 6.85. The molecule has 1 aromatic carbocycles. The molecule has 0 spiro atoms. The predicted molar refractivity (Wildman–Crippen MR) is 115 cm³/mol. The molecule has 9 heteroatoms. The number of furan rings is 1. The molecule has 0 saturated carbocycles. The summed E-state index contributed by atoms with van der Waals surface area (Å²) in [7, 11) is 3.50. The number of aliphatic imine (C=N–C) groups is 1. The van der Waals surface area contributed by atoms with Crippen molar-refractivity contribution in [3.05, 3.63) is 59.6 Å². The molecule has 2 heterocycles. The number of rotatable bonds is 8. The number of amides is 1. The Labute approximate surface area is 175 Å². The molecule has 0 aliphatic heterocycles. The average molecular weight is 409 g/mol. The van der Waals surface area contributed by atoms with Crippen LogP contribution in [0.5, 0.6) is 0 Å². The first kappa shape index (κ1) is 21.1. The fourth-order valence-electron chi connectivity index (χ4n) is 2.82. The molecule has 158 valence electrons. The molecule has 30 heavy (non-hydrogen) atoms. The minimum absolute atomic E-state index is 0.000635. The van der Waals surface area contributed by atoms with Crippen LogP contribution in [0.25, 0.3) is 11.6 Å². The lowest BCUT2D eigenvalue weighted by Gasteiger charge is -2.13. The van der Waals surface area contributed by atoms with Crippen molar-refractivity contribution in [3.8, 4) is 11.6 Å². The van der Waals surface area contributed by atoms with Gasteiger partial charge in [0.1, 0.15) is 12.4 Å². The van der Waals surface area contributed by atoms with Gasteiger partial charge < -0.3 is 20.0 Å². The van der Waals surface area contributed by atoms with E-state index in [2.05, 4.69) is 30.8 Å². The molecule has 0 unspecified atom stereocenters. The van der Waals surface area contributed by atoms with Crippen LogP contribution in [-0.2, 0) is 13.0 Å². The fourth-order valence-corrected chi connectivity index (χ4v) is 2.82. The fraction of sp³-hybridized carbons (Fsp3) is 0.333. The smallest absolute Gasteiger partial charge is 0.253 e. The van der Waals surface area contributed by atoms with Crippen LogP contribution in [0.15, 0.2) is 52.1 Å². The minimum atomic E-state index is 0.000635. The summed E-state index contributed by atoms with van der Waals surface area (Å²) in [6.45, 7) is 3.79. The Hall–Kier alpha value is -3.62. The molecule has 0 aliphatic rings. The Kier molecular flexibility index (Phi) is 7.20. The first-order valence-corrected chi connectivity index (χ1v) is 9.84. The van der Waals surface area contributed by atoms with E-state index in [1.165, 1.54) is 0 Å². The molecule has 0 bridgehead atoms. The number of aromatic amines is 1. The topological polar surface area (TPSA) is 111 Å². The normalized spacial score (nSPS) is 11.4. The van der Waals surface area contributed by atoms with E-state index in [0.717, 1.165) is 18.5 Å². The molecule has 0 aliphatic carbocycles. The van der Waals surface area contributed by atoms with Crippen LogP contribution in [0.1, 0.15) is 28.7 Å². The number of hydrogen-bond donors (Lipinski definition) is 3. The van der Waals surface area contributed by atoms with Gasteiger partial charge in [-0.3, -0.25) is 9.89 Å². The van der Waals surface area contributed by atoms with Gasteiger partial charge in [-0.1, -0.05) is 12.1 Å². The Morgan fingerprint density at radius 1 is 1.23 bits per heavy atom. The number of aromatic nitrogens is 3. The highest BCUT2D eigenvalue weighted by Gasteiger charge is 2.09. The maximum atomic E-state index is 12.1. The maximum absolute atomic E-state index is 12.1. The van der Waals surface area contributed by atoms with Crippen LogP contribution < -0.4 is 10.6 Å². The molecule has 3 N–H and O–H groups in total. The molecule has 0 fully saturated rings. The summed E-state index contributed by atoms with van der Waals surface area (Å²) in [5.41, 5.74) is 1.78. The highest BCUT2D eigenvalue weighted by Crippen LogP contribution is 2.14. The Bertz CT molecular complexity index is 977. The van der Waals surface area contributed by atoms with E-state index < -0.39 is 0 Å². The van der Waals surface area contributed by atoms with Crippen LogP contribution >= 0.6 is 0 Å². The van der Waals surface area contributed by atoms with Crippen molar-refractivity contribution >= 4 is 11.9 Å². The highest BCUT2D eigenvalue weighted by molar-refractivity contribution is 5.94. The van der Waals surface area contributed by atoms with Crippen LogP contribution in [0.2, 0.25) is 0 Å². The van der Waals surface area contributed by atoms with Crippen molar-refractivity contribution < 1.29 is 9.21 Å².